The summed E-state index contributed by atoms with van der Waals surface area (Å²) in [6.45, 7) is 2.25. The zero-order chi connectivity index (χ0) is 67.5. The first-order valence-electron chi connectivity index (χ1n) is 30.6. The normalized spacial score (nSPS) is 20.9. The van der Waals surface area contributed by atoms with Crippen LogP contribution in [0.2, 0.25) is 10.0 Å². The number of ether oxygens (including phenoxy) is 3. The smallest absolute Gasteiger partial charge is 0.248 e. The fourth-order valence-electron chi connectivity index (χ4n) is 11.8. The zero-order valence-corrected chi connectivity index (χ0v) is 52.2. The highest BCUT2D eigenvalue weighted by atomic mass is 35.5. The molecule has 0 spiro atoms. The Bertz CT molecular complexity index is 4230. The van der Waals surface area contributed by atoms with Crippen LogP contribution < -0.4 is 57.2 Å². The zero-order valence-electron chi connectivity index (χ0n) is 50.7. The molecule has 13 rings (SSSR count). The molecular weight excluding hydrogens is 1270 g/mol. The first kappa shape index (κ1) is 66.0. The number of carbonyl (C=O) groups excluding carboxylic acids is 7. The molecule has 16 N–H and O–H groups in total. The van der Waals surface area contributed by atoms with Crippen molar-refractivity contribution in [2.24, 2.45) is 5.73 Å². The maximum Gasteiger partial charge on any atom is 0.248 e. The molecule has 25 nitrogen and oxygen atoms in total. The predicted molar refractivity (Wildman–Crippen MR) is 343 cm³/mol. The van der Waals surface area contributed by atoms with E-state index in [1.807, 2.05) is 0 Å². The van der Waals surface area contributed by atoms with Gasteiger partial charge < -0.3 is 92.9 Å². The summed E-state index contributed by atoms with van der Waals surface area (Å²) in [6, 6.07) is 9.63. The van der Waals surface area contributed by atoms with Gasteiger partial charge in [0.25, 0.3) is 0 Å². The fourth-order valence-corrected chi connectivity index (χ4v) is 12.3. The van der Waals surface area contributed by atoms with Crippen molar-refractivity contribution in [1.29, 1.82) is 0 Å². The van der Waals surface area contributed by atoms with Gasteiger partial charge in [0.15, 0.2) is 23.0 Å². The second kappa shape index (κ2) is 28.0. The van der Waals surface area contributed by atoms with E-state index in [0.29, 0.717) is 12.0 Å². The monoisotopic (exact) mass is 1340 g/mol. The molecule has 7 aromatic rings. The number of aromatic hydroxyl groups is 6. The number of aliphatic hydroxyl groups is 1. The number of halogens is 2. The van der Waals surface area contributed by atoms with Gasteiger partial charge in [0.2, 0.25) is 47.1 Å². The molecule has 0 saturated carbocycles. The van der Waals surface area contributed by atoms with E-state index < -0.39 is 136 Å². The summed E-state index contributed by atoms with van der Waals surface area (Å²) < 4.78 is 18.6. The van der Waals surface area contributed by atoms with Gasteiger partial charge >= 0.3 is 0 Å². The number of phenols is 6. The molecule has 0 aliphatic carbocycles. The van der Waals surface area contributed by atoms with Gasteiger partial charge in [-0.15, -0.1) is 0 Å². The lowest BCUT2D eigenvalue weighted by atomic mass is 9.89. The van der Waals surface area contributed by atoms with E-state index in [4.69, 9.17) is 43.1 Å². The maximum atomic E-state index is 15.9. The molecule has 6 aliphatic rings. The summed E-state index contributed by atoms with van der Waals surface area (Å²) in [4.78, 5) is 106. The average Bonchev–Trinajstić information content (AvgIpc) is 0.772. The van der Waals surface area contributed by atoms with Gasteiger partial charge in [0.1, 0.15) is 88.6 Å². The van der Waals surface area contributed by atoms with Gasteiger partial charge in [-0.1, -0.05) is 99.3 Å². The number of nitrogens with two attached hydrogens (primary N) is 1. The van der Waals surface area contributed by atoms with Crippen LogP contribution in [0.3, 0.4) is 0 Å². The Hall–Kier alpha value is -10.5. The number of nitrogens with one attached hydrogen (secondary N) is 7. The van der Waals surface area contributed by atoms with E-state index in [1.54, 1.807) is 0 Å². The number of hydrogen-bond donors (Lipinski definition) is 15. The minimum Gasteiger partial charge on any atom is -0.508 e. The van der Waals surface area contributed by atoms with Gasteiger partial charge in [-0.3, -0.25) is 33.6 Å². The minimum atomic E-state index is -2.15. The third-order valence-corrected chi connectivity index (χ3v) is 17.4. The summed E-state index contributed by atoms with van der Waals surface area (Å²) >= 11 is 13.8. The van der Waals surface area contributed by atoms with Crippen molar-refractivity contribution in [3.05, 3.63) is 164 Å². The molecule has 0 unspecified atom stereocenters. The van der Waals surface area contributed by atoms with Crippen LogP contribution in [0.5, 0.6) is 69.0 Å². The molecule has 95 heavy (non-hydrogen) atoms. The molecule has 494 valence electrons. The van der Waals surface area contributed by atoms with E-state index in [0.717, 1.165) is 87.4 Å². The lowest BCUT2D eigenvalue weighted by Crippen LogP contribution is -2.56. The average molecular weight is 1340 g/mol. The number of amides is 7. The number of hydrogen-bond acceptors (Lipinski definition) is 18. The lowest BCUT2D eigenvalue weighted by molar-refractivity contribution is -0.137. The molecule has 0 radical (unpaired) electrons. The molecule has 0 fully saturated rings. The van der Waals surface area contributed by atoms with Crippen LogP contribution >= 0.6 is 23.2 Å². The summed E-state index contributed by atoms with van der Waals surface area (Å²) in [7, 11) is 0. The highest BCUT2D eigenvalue weighted by Crippen LogP contribution is 2.48. The number of rotatable bonds is 10. The second-order valence-electron chi connectivity index (χ2n) is 23.5. The van der Waals surface area contributed by atoms with Crippen LogP contribution in [0.4, 0.5) is 0 Å². The van der Waals surface area contributed by atoms with Crippen molar-refractivity contribution in [3.8, 4) is 80.1 Å². The van der Waals surface area contributed by atoms with E-state index in [2.05, 4.69) is 44.1 Å². The Labute approximate surface area is 552 Å². The topological polar surface area (TPSA) is 399 Å². The van der Waals surface area contributed by atoms with Gasteiger partial charge in [-0.25, -0.2) is 0 Å². The first-order chi connectivity index (χ1) is 45.5. The van der Waals surface area contributed by atoms with E-state index in [9.17, 15) is 50.1 Å². The number of fused-ring (bicyclic) bond motifs is 14. The van der Waals surface area contributed by atoms with Gasteiger partial charge in [0.05, 0.1) is 10.0 Å². The van der Waals surface area contributed by atoms with Crippen molar-refractivity contribution in [3.63, 3.8) is 0 Å². The summed E-state index contributed by atoms with van der Waals surface area (Å²) in [5.74, 6) is -13.2. The van der Waals surface area contributed by atoms with Gasteiger partial charge in [0, 0.05) is 36.2 Å². The van der Waals surface area contributed by atoms with Crippen molar-refractivity contribution in [2.45, 2.75) is 113 Å². The molecule has 17 bridgehead atoms. The molecular formula is C68H66Cl2N8O17. The molecule has 0 saturated heterocycles. The standard InChI is InChI=1S/C68H66Cl2N8O17/c1-2-3-4-5-6-7-8-9-18-72-64(88)58-41-29-38(80)30-47(83)53(41)40-23-33(12-14-45(40)81)55-65(89)78-59(68(92)77-58)60(84)34-13-17-49(43(70)24-34)95-52-27-36-26-51(61(52)85)94-48-16-10-31(19-42(48)69)20-44-62(86)74-56(66(90)76-57(36)67(91)75-55)35-21-37(79)28-39(22-35)93-50-25-32(11-15-46(50)82)54(71)63(87)73-44/h10-17,19,21-30,44,54-60,79-85H,2-9,18,20,71H2,1H3,(H,72,88)(H,73,87)(H,74,86)(H,75,91)(H,76,90)(H,77,92)(H,78,89)/t44-,54-,55-,56+,57-,58+,59+,60-/m1/s1. The second-order valence-corrected chi connectivity index (χ2v) is 24.3. The quantitative estimate of drug-likeness (QED) is 0.0574. The van der Waals surface area contributed by atoms with Crippen LogP contribution in [0, 0.1) is 0 Å². The Morgan fingerprint density at radius 3 is 1.78 bits per heavy atom. The van der Waals surface area contributed by atoms with Gasteiger partial charge in [-0.05, 0) is 124 Å². The predicted octanol–water partition coefficient (Wildman–Crippen LogP) is 8.16. The van der Waals surface area contributed by atoms with Crippen molar-refractivity contribution in [2.75, 3.05) is 6.54 Å². The van der Waals surface area contributed by atoms with Crippen LogP contribution in [0.25, 0.3) is 11.1 Å². The van der Waals surface area contributed by atoms with E-state index in [1.165, 1.54) is 72.8 Å². The molecule has 6 heterocycles. The Balaban J connectivity index is 1.08. The van der Waals surface area contributed by atoms with Crippen molar-refractivity contribution in [1.82, 2.24) is 37.2 Å². The maximum absolute atomic E-state index is 15.9. The minimum absolute atomic E-state index is 0.114. The molecule has 27 heteroatoms. The third-order valence-electron chi connectivity index (χ3n) is 16.8. The molecule has 7 amide bonds. The van der Waals surface area contributed by atoms with Crippen LogP contribution in [-0.2, 0) is 40.0 Å². The van der Waals surface area contributed by atoms with Crippen LogP contribution in [0.1, 0.15) is 134 Å². The molecule has 8 atom stereocenters. The number of benzene rings is 7. The van der Waals surface area contributed by atoms with Gasteiger partial charge in [-0.2, -0.15) is 0 Å². The summed E-state index contributed by atoms with van der Waals surface area (Å²) in [6.07, 6.45) is 5.15. The highest BCUT2D eigenvalue weighted by Gasteiger charge is 2.41. The number of aliphatic hydroxyl groups excluding tert-OH is 1. The summed E-state index contributed by atoms with van der Waals surface area (Å²) in [5, 5.41) is 99.6. The SMILES string of the molecule is CCCCCCCCCCNC(=O)[C@H]1NC(=O)[C@H]2NC(=O)[C@H](NC(=O)[C@@H]3NC(=O)[C@H]4NC(=O)[C@@H](Cc5ccc(c(Cl)c5)Oc5cc3cc(c5O)Oc3ccc(cc3Cl)[C@H]2O)NC(=O)[C@H](N)c2ccc(O)c(c2)Oc2cc(O)cc4c2)c2ccc(O)c(c2)-c2c(O)cc(O)cc21. The Morgan fingerprint density at radius 1 is 0.516 bits per heavy atom. The number of carbonyl (C=O) groups is 7. The molecule has 7 aromatic carbocycles. The summed E-state index contributed by atoms with van der Waals surface area (Å²) in [5.41, 5.74) is 5.15. The van der Waals surface area contributed by atoms with Crippen molar-refractivity contribution < 1.29 is 83.5 Å². The highest BCUT2D eigenvalue weighted by molar-refractivity contribution is 6.32. The lowest BCUT2D eigenvalue weighted by Gasteiger charge is -2.31. The fraction of sp³-hybridized carbons (Fsp3) is 0.279. The van der Waals surface area contributed by atoms with Crippen LogP contribution in [0.15, 0.2) is 115 Å². The third kappa shape index (κ3) is 14.4. The molecule has 0 aromatic heterocycles. The largest absolute Gasteiger partial charge is 0.508 e. The van der Waals surface area contributed by atoms with E-state index in [-0.39, 0.29) is 90.5 Å². The molecule has 6 aliphatic heterocycles. The number of phenolic OH excluding ortho intramolecular Hbond substituents is 6. The van der Waals surface area contributed by atoms with E-state index >= 15 is 19.2 Å². The Morgan fingerprint density at radius 2 is 1.09 bits per heavy atom. The van der Waals surface area contributed by atoms with Crippen molar-refractivity contribution >= 4 is 64.6 Å². The Kier molecular flexibility index (Phi) is 19.5. The van der Waals surface area contributed by atoms with Crippen LogP contribution in [-0.4, -0.2) is 95.7 Å². The first-order valence-corrected chi connectivity index (χ1v) is 31.4. The number of unbranched alkanes of at least 4 members (excludes halogenated alkanes) is 7.